The number of para-hydroxylation sites is 2. The minimum absolute atomic E-state index is 0. The van der Waals surface area contributed by atoms with E-state index in [0.717, 1.165) is 27.4 Å². The zero-order valence-electron chi connectivity index (χ0n) is 19.1. The van der Waals surface area contributed by atoms with E-state index in [1.165, 1.54) is 0 Å². The number of nitrogens with two attached hydrogens (primary N) is 2. The van der Waals surface area contributed by atoms with Crippen molar-refractivity contribution in [1.82, 2.24) is 5.32 Å². The summed E-state index contributed by atoms with van der Waals surface area (Å²) < 4.78 is 8.24. The van der Waals surface area contributed by atoms with Gasteiger partial charge in [0.1, 0.15) is 18.7 Å². The molecular weight excluding hydrogens is 563 g/mol. The molecule has 0 fully saturated rings. The van der Waals surface area contributed by atoms with Crippen LogP contribution in [-0.4, -0.2) is 42.1 Å². The molecule has 0 aliphatic carbocycles. The van der Waals surface area contributed by atoms with Gasteiger partial charge in [0.05, 0.1) is 23.0 Å². The lowest BCUT2D eigenvalue weighted by atomic mass is 10.1. The molecule has 0 aliphatic rings. The quantitative estimate of drug-likeness (QED) is 0.0528. The van der Waals surface area contributed by atoms with E-state index >= 15 is 0 Å². The molecule has 1 amide bonds. The highest BCUT2D eigenvalue weighted by Gasteiger charge is 2.25. The second kappa shape index (κ2) is 11.2. The fourth-order valence-electron chi connectivity index (χ4n) is 4.11. The van der Waals surface area contributed by atoms with E-state index in [2.05, 4.69) is 20.2 Å². The number of guanidine groups is 1. The Kier molecular flexibility index (Phi) is 8.33. The number of aromatic nitrogens is 1. The van der Waals surface area contributed by atoms with Crippen LogP contribution in [0.15, 0.2) is 57.9 Å². The summed E-state index contributed by atoms with van der Waals surface area (Å²) in [7, 11) is 1.98. The Morgan fingerprint density at radius 1 is 1.11 bits per heavy atom. The van der Waals surface area contributed by atoms with Crippen molar-refractivity contribution in [3.05, 3.63) is 48.5 Å². The third kappa shape index (κ3) is 5.56. The first-order valence-electron chi connectivity index (χ1n) is 10.9. The fourth-order valence-corrected chi connectivity index (χ4v) is 4.11. The molecule has 7 N–H and O–H groups in total. The van der Waals surface area contributed by atoms with E-state index in [1.807, 2.05) is 55.6 Å². The number of furan rings is 1. The molecule has 0 unspecified atom stereocenters. The third-order valence-electron chi connectivity index (χ3n) is 5.67. The van der Waals surface area contributed by atoms with Crippen molar-refractivity contribution < 1.29 is 47.7 Å². The van der Waals surface area contributed by atoms with Crippen LogP contribution in [0, 0.1) is 0 Å². The van der Waals surface area contributed by atoms with Gasteiger partial charge in [-0.1, -0.05) is 24.3 Å². The Labute approximate surface area is 218 Å². The van der Waals surface area contributed by atoms with Gasteiger partial charge in [-0.05, 0) is 31.0 Å². The summed E-state index contributed by atoms with van der Waals surface area (Å²) in [4.78, 5) is 28.1. The van der Waals surface area contributed by atoms with Crippen LogP contribution >= 0.6 is 0 Å². The molecule has 4 aromatic rings. The van der Waals surface area contributed by atoms with E-state index in [-0.39, 0.29) is 49.4 Å². The number of fused-ring (bicyclic) bond motifs is 4. The molecule has 2 heterocycles. The third-order valence-corrected chi connectivity index (χ3v) is 5.67. The molecule has 11 heteroatoms. The van der Waals surface area contributed by atoms with E-state index in [1.54, 1.807) is 0 Å². The smallest absolute Gasteiger partial charge is 0.326 e. The zero-order valence-corrected chi connectivity index (χ0v) is 21.3. The number of anilines is 1. The molecule has 0 saturated heterocycles. The number of amides is 1. The number of nitrogens with one attached hydrogen (secondary N) is 2. The Bertz CT molecular complexity index is 1410. The highest BCUT2D eigenvalue weighted by Crippen LogP contribution is 2.35. The molecule has 0 radical (unpaired) electrons. The Hall–Kier alpha value is -3.61. The minimum atomic E-state index is -1.12. The van der Waals surface area contributed by atoms with Crippen molar-refractivity contribution in [3.8, 4) is 0 Å². The van der Waals surface area contributed by atoms with Gasteiger partial charge in [-0.15, -0.1) is 0 Å². The number of aliphatic imine (C=N–C) groups is 1. The molecule has 2 aromatic carbocycles. The first kappa shape index (κ1) is 26.0. The summed E-state index contributed by atoms with van der Waals surface area (Å²) in [6.45, 7) is 0.166. The predicted molar refractivity (Wildman–Crippen MR) is 130 cm³/mol. The molecule has 0 bridgehead atoms. The molecule has 184 valence electrons. The van der Waals surface area contributed by atoms with Gasteiger partial charge in [0, 0.05) is 12.6 Å². The van der Waals surface area contributed by atoms with E-state index in [9.17, 15) is 14.7 Å². The first-order valence-corrected chi connectivity index (χ1v) is 10.9. The topological polar surface area (TPSA) is 160 Å². The van der Waals surface area contributed by atoms with Crippen LogP contribution in [0.5, 0.6) is 0 Å². The van der Waals surface area contributed by atoms with Gasteiger partial charge < -0.3 is 55.6 Å². The maximum atomic E-state index is 12.6. The number of carboxylic acids is 1. The Morgan fingerprint density at radius 3 is 2.51 bits per heavy atom. The lowest BCUT2D eigenvalue weighted by molar-refractivity contribution is -0.616. The van der Waals surface area contributed by atoms with Gasteiger partial charge >= 0.3 is 5.97 Å². The molecule has 1 atom stereocenters. The lowest BCUT2D eigenvalue weighted by Gasteiger charge is -2.15. The van der Waals surface area contributed by atoms with Crippen LogP contribution < -0.4 is 50.6 Å². The maximum absolute atomic E-state index is 12.6. The number of carbonyl (C=O) groups is 2. The van der Waals surface area contributed by atoms with Crippen LogP contribution in [0.3, 0.4) is 0 Å². The molecule has 35 heavy (non-hydrogen) atoms. The number of carboxylic acid groups (broad SMARTS) is 1. The second-order valence-electron chi connectivity index (χ2n) is 7.99. The molecule has 0 spiro atoms. The predicted octanol–water partition coefficient (Wildman–Crippen LogP) is -1.40. The number of carbonyl (C=O) groups excluding carboxylic acids is 1. The Morgan fingerprint density at radius 2 is 1.80 bits per heavy atom. The second-order valence-corrected chi connectivity index (χ2v) is 7.99. The number of halogens is 1. The summed E-state index contributed by atoms with van der Waals surface area (Å²) in [5.74, 6) is -1.62. The van der Waals surface area contributed by atoms with Gasteiger partial charge in [-0.3, -0.25) is 9.79 Å². The largest absolute Gasteiger partial charge is 1.00 e. The number of hydrogen-bond acceptors (Lipinski definition) is 5. The monoisotopic (exact) mass is 590 g/mol. The zero-order chi connectivity index (χ0) is 24.2. The van der Waals surface area contributed by atoms with Gasteiger partial charge in [0.25, 0.3) is 5.52 Å². The molecule has 0 saturated carbocycles. The van der Waals surface area contributed by atoms with Crippen molar-refractivity contribution in [3.63, 3.8) is 0 Å². The first-order chi connectivity index (χ1) is 16.4. The molecule has 2 aromatic heterocycles. The number of hydrogen-bond donors (Lipinski definition) is 5. The van der Waals surface area contributed by atoms with E-state index < -0.39 is 17.9 Å². The minimum Gasteiger partial charge on any atom is -1.00 e. The summed E-state index contributed by atoms with van der Waals surface area (Å²) in [6, 6.07) is 14.5. The number of aliphatic carboxylic acids is 1. The van der Waals surface area contributed by atoms with E-state index in [4.69, 9.17) is 15.9 Å². The van der Waals surface area contributed by atoms with E-state index in [0.29, 0.717) is 17.7 Å². The molecular formula is C24H27IN6O4. The van der Waals surface area contributed by atoms with Crippen molar-refractivity contribution in [2.24, 2.45) is 23.5 Å². The van der Waals surface area contributed by atoms with Crippen molar-refractivity contribution >= 4 is 56.5 Å². The fraction of sp³-hybridized carbons (Fsp3) is 0.250. The van der Waals surface area contributed by atoms with Gasteiger partial charge in [-0.25, -0.2) is 4.79 Å². The molecule has 10 nitrogen and oxygen atoms in total. The average molecular weight is 590 g/mol. The Balaban J connectivity index is 0.00000342. The number of aryl methyl sites for hydroxylation is 1. The number of nitrogens with zero attached hydrogens (tertiary/aromatic N) is 2. The highest BCUT2D eigenvalue weighted by atomic mass is 127. The number of rotatable bonds is 9. The lowest BCUT2D eigenvalue weighted by Crippen LogP contribution is -3.00. The summed E-state index contributed by atoms with van der Waals surface area (Å²) in [5.41, 5.74) is 14.5. The normalized spacial score (nSPS) is 11.7. The summed E-state index contributed by atoms with van der Waals surface area (Å²) in [6.07, 6.45) is 0.623. The van der Waals surface area contributed by atoms with Crippen molar-refractivity contribution in [1.29, 1.82) is 0 Å². The highest BCUT2D eigenvalue weighted by molar-refractivity contribution is 6.11. The van der Waals surface area contributed by atoms with Crippen LogP contribution in [0.1, 0.15) is 12.8 Å². The van der Waals surface area contributed by atoms with Crippen LogP contribution in [0.4, 0.5) is 5.69 Å². The van der Waals surface area contributed by atoms with Crippen LogP contribution in [-0.2, 0) is 16.6 Å². The molecule has 0 aliphatic heterocycles. The van der Waals surface area contributed by atoms with Gasteiger partial charge in [0.15, 0.2) is 5.96 Å². The SMILES string of the molecule is C[n+]1c2ccccc2c(NCC(=O)N[C@@H](CCCN=C(N)N)C(=O)O)c2oc3ccccc3c21.[I-]. The summed E-state index contributed by atoms with van der Waals surface area (Å²) in [5, 5.41) is 17.1. The van der Waals surface area contributed by atoms with Crippen LogP contribution in [0.2, 0.25) is 0 Å². The average Bonchev–Trinajstić information content (AvgIpc) is 3.20. The standard InChI is InChI=1S/C24H26N6O4.HI/c1-30-17-10-4-2-7-14(17)20(22-21(30)15-8-3-5-11-18(15)34-22)28-13-19(31)29-16(23(32)33)9-6-12-27-24(25)26;/h2-5,7-8,10-11,16H,6,9,12-13H2,1H3,(H6,25,26,27,29,31,32,33);1H/t16-;/m0./s1. The van der Waals surface area contributed by atoms with Crippen molar-refractivity contribution in [2.45, 2.75) is 18.9 Å². The maximum Gasteiger partial charge on any atom is 0.326 e. The van der Waals surface area contributed by atoms with Crippen molar-refractivity contribution in [2.75, 3.05) is 18.4 Å². The van der Waals surface area contributed by atoms with Gasteiger partial charge in [-0.2, -0.15) is 4.57 Å². The van der Waals surface area contributed by atoms with Gasteiger partial charge in [0.2, 0.25) is 17.0 Å². The summed E-state index contributed by atoms with van der Waals surface area (Å²) >= 11 is 0. The number of benzene rings is 2. The van der Waals surface area contributed by atoms with Crippen LogP contribution in [0.25, 0.3) is 33.0 Å². The number of pyridine rings is 1. The molecule has 4 rings (SSSR count).